The third-order valence-corrected chi connectivity index (χ3v) is 5.68. The Morgan fingerprint density at radius 2 is 1.24 bits per heavy atom. The number of hydrogen-bond donors (Lipinski definition) is 1. The van der Waals surface area contributed by atoms with E-state index in [0.717, 1.165) is 6.42 Å². The minimum atomic E-state index is -3.04. The zero-order valence-electron chi connectivity index (χ0n) is 14.5. The van der Waals surface area contributed by atoms with Crippen molar-refractivity contribution in [3.63, 3.8) is 0 Å². The smallest absolute Gasteiger partial charge is 0.211 e. The minimum absolute atomic E-state index is 0.289. The molecule has 0 aliphatic heterocycles. The maximum Gasteiger partial charge on any atom is 0.211 e. The van der Waals surface area contributed by atoms with Gasteiger partial charge in [0, 0.05) is 0 Å². The summed E-state index contributed by atoms with van der Waals surface area (Å²) < 4.78 is 25.6. The fourth-order valence-corrected chi connectivity index (χ4v) is 3.60. The van der Waals surface area contributed by atoms with E-state index in [0.29, 0.717) is 5.92 Å². The molecule has 128 valence electrons. The molecule has 0 amide bonds. The molecule has 3 nitrogen and oxygen atoms in total. The number of nitrogens with one attached hydrogen (secondary N) is 1. The van der Waals surface area contributed by atoms with E-state index in [-0.39, 0.29) is 5.75 Å². The van der Waals surface area contributed by atoms with E-state index in [1.807, 2.05) is 0 Å². The zero-order valence-corrected chi connectivity index (χ0v) is 15.3. The summed E-state index contributed by atoms with van der Waals surface area (Å²) in [7, 11) is -1.53. The normalized spacial score (nSPS) is 13.5. The Morgan fingerprint density at radius 3 is 1.71 bits per heavy atom. The lowest BCUT2D eigenvalue weighted by molar-refractivity contribution is 0.394. The molecule has 1 N–H and O–H groups in total. The summed E-state index contributed by atoms with van der Waals surface area (Å²) in [5, 5.41) is 0. The molecular formula is C17H37NO2S. The van der Waals surface area contributed by atoms with E-state index in [2.05, 4.69) is 18.6 Å². The predicted molar refractivity (Wildman–Crippen MR) is 93.1 cm³/mol. The van der Waals surface area contributed by atoms with Gasteiger partial charge in [-0.25, -0.2) is 13.1 Å². The average Bonchev–Trinajstić information content (AvgIpc) is 2.48. The van der Waals surface area contributed by atoms with Crippen LogP contribution in [0.1, 0.15) is 90.9 Å². The molecule has 0 aromatic carbocycles. The largest absolute Gasteiger partial charge is 0.218 e. The van der Waals surface area contributed by atoms with Crippen molar-refractivity contribution in [1.29, 1.82) is 0 Å². The third-order valence-electron chi connectivity index (χ3n) is 4.29. The molecule has 21 heavy (non-hydrogen) atoms. The lowest BCUT2D eigenvalue weighted by atomic mass is 9.92. The zero-order chi connectivity index (χ0) is 16.0. The van der Waals surface area contributed by atoms with Gasteiger partial charge in [-0.15, -0.1) is 0 Å². The van der Waals surface area contributed by atoms with Crippen LogP contribution < -0.4 is 4.72 Å². The van der Waals surface area contributed by atoms with Gasteiger partial charge in [0.15, 0.2) is 0 Å². The van der Waals surface area contributed by atoms with E-state index < -0.39 is 10.0 Å². The van der Waals surface area contributed by atoms with E-state index in [1.54, 1.807) is 0 Å². The Morgan fingerprint density at radius 1 is 0.762 bits per heavy atom. The molecule has 0 aromatic heterocycles. The third kappa shape index (κ3) is 13.3. The second-order valence-electron chi connectivity index (χ2n) is 6.23. The summed E-state index contributed by atoms with van der Waals surface area (Å²) in [6, 6.07) is 0. The summed E-state index contributed by atoms with van der Waals surface area (Å²) in [6.07, 6.45) is 14.8. The molecule has 1 unspecified atom stereocenters. The second-order valence-corrected chi connectivity index (χ2v) is 8.28. The van der Waals surface area contributed by atoms with Crippen LogP contribution >= 0.6 is 0 Å². The Kier molecular flexibility index (Phi) is 13.5. The predicted octanol–water partition coefficient (Wildman–Crippen LogP) is 4.87. The summed E-state index contributed by atoms with van der Waals surface area (Å²) in [5.41, 5.74) is 0. The van der Waals surface area contributed by atoms with Gasteiger partial charge in [-0.1, -0.05) is 84.5 Å². The minimum Gasteiger partial charge on any atom is -0.218 e. The monoisotopic (exact) mass is 319 g/mol. The standard InChI is InChI=1S/C17H37NO2S/c1-4-6-8-10-12-14-17(13-11-9-7-5-2)15-16-21(19,20)18-3/h17-18H,4-16H2,1-3H3. The molecule has 0 aromatic rings. The van der Waals surface area contributed by atoms with E-state index in [4.69, 9.17) is 0 Å². The first kappa shape index (κ1) is 20.9. The first-order valence-corrected chi connectivity index (χ1v) is 10.6. The van der Waals surface area contributed by atoms with Gasteiger partial charge < -0.3 is 0 Å². The molecule has 0 aliphatic rings. The van der Waals surface area contributed by atoms with Crippen molar-refractivity contribution in [3.8, 4) is 0 Å². The lowest BCUT2D eigenvalue weighted by Crippen LogP contribution is -2.23. The first-order valence-electron chi connectivity index (χ1n) is 8.97. The van der Waals surface area contributed by atoms with Crippen molar-refractivity contribution in [2.45, 2.75) is 90.9 Å². The highest BCUT2D eigenvalue weighted by Crippen LogP contribution is 2.22. The number of hydrogen-bond acceptors (Lipinski definition) is 2. The maximum atomic E-state index is 11.6. The molecule has 0 bridgehead atoms. The van der Waals surface area contributed by atoms with Crippen LogP contribution in [0.4, 0.5) is 0 Å². The van der Waals surface area contributed by atoms with Gasteiger partial charge in [0.2, 0.25) is 10.0 Å². The Labute approximate surface area is 133 Å². The molecule has 0 saturated heterocycles. The van der Waals surface area contributed by atoms with Crippen molar-refractivity contribution >= 4 is 10.0 Å². The van der Waals surface area contributed by atoms with Crippen molar-refractivity contribution in [2.75, 3.05) is 12.8 Å². The van der Waals surface area contributed by atoms with Gasteiger partial charge in [0.1, 0.15) is 0 Å². The Hall–Kier alpha value is -0.0900. The molecule has 0 fully saturated rings. The summed E-state index contributed by atoms with van der Waals surface area (Å²) in [6.45, 7) is 4.46. The lowest BCUT2D eigenvalue weighted by Gasteiger charge is -2.17. The number of unbranched alkanes of at least 4 members (excludes halogenated alkanes) is 7. The van der Waals surface area contributed by atoms with Crippen LogP contribution in [0.25, 0.3) is 0 Å². The number of rotatable bonds is 15. The van der Waals surface area contributed by atoms with E-state index >= 15 is 0 Å². The molecule has 0 heterocycles. The highest BCUT2D eigenvalue weighted by molar-refractivity contribution is 7.89. The summed E-state index contributed by atoms with van der Waals surface area (Å²) in [4.78, 5) is 0. The van der Waals surface area contributed by atoms with Crippen LogP contribution in [0, 0.1) is 5.92 Å². The van der Waals surface area contributed by atoms with Gasteiger partial charge in [0.25, 0.3) is 0 Å². The molecule has 0 aliphatic carbocycles. The second kappa shape index (κ2) is 13.6. The molecule has 0 rings (SSSR count). The van der Waals surface area contributed by atoms with Gasteiger partial charge in [-0.2, -0.15) is 0 Å². The van der Waals surface area contributed by atoms with Crippen LogP contribution in [0.15, 0.2) is 0 Å². The summed E-state index contributed by atoms with van der Waals surface area (Å²) >= 11 is 0. The topological polar surface area (TPSA) is 46.2 Å². The molecule has 0 spiro atoms. The fraction of sp³-hybridized carbons (Fsp3) is 1.00. The Balaban J connectivity index is 4.02. The van der Waals surface area contributed by atoms with Gasteiger partial charge in [-0.3, -0.25) is 0 Å². The van der Waals surface area contributed by atoms with Crippen LogP contribution in [-0.2, 0) is 10.0 Å². The highest BCUT2D eigenvalue weighted by atomic mass is 32.2. The molecule has 0 saturated carbocycles. The first-order chi connectivity index (χ1) is 10.1. The van der Waals surface area contributed by atoms with Crippen molar-refractivity contribution < 1.29 is 8.42 Å². The van der Waals surface area contributed by atoms with Crippen molar-refractivity contribution in [1.82, 2.24) is 4.72 Å². The molecule has 1 atom stereocenters. The van der Waals surface area contributed by atoms with Crippen molar-refractivity contribution in [2.24, 2.45) is 5.92 Å². The highest BCUT2D eigenvalue weighted by Gasteiger charge is 2.14. The van der Waals surface area contributed by atoms with E-state index in [1.165, 1.54) is 77.7 Å². The van der Waals surface area contributed by atoms with Gasteiger partial charge >= 0.3 is 0 Å². The quantitative estimate of drug-likeness (QED) is 0.438. The SMILES string of the molecule is CCCCCCCC(CCCCCC)CCS(=O)(=O)NC. The molecule has 0 radical (unpaired) electrons. The van der Waals surface area contributed by atoms with Crippen molar-refractivity contribution in [3.05, 3.63) is 0 Å². The van der Waals surface area contributed by atoms with Crippen LogP contribution in [0.5, 0.6) is 0 Å². The van der Waals surface area contributed by atoms with Crippen LogP contribution in [-0.4, -0.2) is 21.2 Å². The van der Waals surface area contributed by atoms with Crippen LogP contribution in [0.3, 0.4) is 0 Å². The summed E-state index contributed by atoms with van der Waals surface area (Å²) in [5.74, 6) is 0.878. The number of sulfonamides is 1. The van der Waals surface area contributed by atoms with Gasteiger partial charge in [-0.05, 0) is 19.4 Å². The maximum absolute atomic E-state index is 11.6. The fourth-order valence-electron chi connectivity index (χ4n) is 2.75. The van der Waals surface area contributed by atoms with Gasteiger partial charge in [0.05, 0.1) is 5.75 Å². The molecule has 4 heteroatoms. The average molecular weight is 320 g/mol. The Bertz CT molecular complexity index is 315. The van der Waals surface area contributed by atoms with E-state index in [9.17, 15) is 8.42 Å². The molecular weight excluding hydrogens is 282 g/mol. The van der Waals surface area contributed by atoms with Crippen LogP contribution in [0.2, 0.25) is 0 Å².